The van der Waals surface area contributed by atoms with Crippen LogP contribution in [0.4, 0.5) is 10.8 Å². The Labute approximate surface area is 155 Å². The maximum atomic E-state index is 12.1. The second-order valence-corrected chi connectivity index (χ2v) is 7.16. The van der Waals surface area contributed by atoms with E-state index in [-0.39, 0.29) is 5.91 Å². The molecular formula is C19H18N2O2S2. The molecule has 0 saturated carbocycles. The van der Waals surface area contributed by atoms with Gasteiger partial charge in [-0.3, -0.25) is 9.69 Å². The number of thioether (sulfide) groups is 1. The number of thiazole rings is 1. The number of amides is 1. The molecule has 25 heavy (non-hydrogen) atoms. The second-order valence-electron chi connectivity index (χ2n) is 5.28. The highest BCUT2D eigenvalue weighted by atomic mass is 32.2. The molecule has 0 unspecified atom stereocenters. The van der Waals surface area contributed by atoms with Gasteiger partial charge in [0.15, 0.2) is 5.13 Å². The van der Waals surface area contributed by atoms with Crippen LogP contribution >= 0.6 is 23.1 Å². The Morgan fingerprint density at radius 3 is 2.72 bits per heavy atom. The Kier molecular flexibility index (Phi) is 5.73. The van der Waals surface area contributed by atoms with Crippen molar-refractivity contribution in [2.24, 2.45) is 0 Å². The van der Waals surface area contributed by atoms with E-state index in [1.807, 2.05) is 60.0 Å². The number of para-hydroxylation sites is 1. The van der Waals surface area contributed by atoms with Crippen molar-refractivity contribution in [1.29, 1.82) is 0 Å². The Morgan fingerprint density at radius 1 is 1.20 bits per heavy atom. The first kappa shape index (κ1) is 17.5. The van der Waals surface area contributed by atoms with Crippen LogP contribution < -0.4 is 9.64 Å². The molecular weight excluding hydrogens is 352 g/mol. The number of aromatic nitrogens is 1. The van der Waals surface area contributed by atoms with Crippen molar-refractivity contribution in [3.8, 4) is 5.75 Å². The van der Waals surface area contributed by atoms with E-state index in [0.717, 1.165) is 27.8 Å². The molecule has 0 N–H and O–H groups in total. The van der Waals surface area contributed by atoms with Gasteiger partial charge in [-0.25, -0.2) is 4.98 Å². The zero-order valence-electron chi connectivity index (χ0n) is 14.0. The van der Waals surface area contributed by atoms with Gasteiger partial charge in [-0.2, -0.15) is 0 Å². The number of ether oxygens (including phenoxy) is 1. The van der Waals surface area contributed by atoms with E-state index < -0.39 is 0 Å². The fourth-order valence-corrected chi connectivity index (χ4v) is 4.15. The summed E-state index contributed by atoms with van der Waals surface area (Å²) in [6.07, 6.45) is 0. The highest BCUT2D eigenvalue weighted by Crippen LogP contribution is 2.31. The van der Waals surface area contributed by atoms with Crippen molar-refractivity contribution in [3.63, 3.8) is 0 Å². The predicted molar refractivity (Wildman–Crippen MR) is 104 cm³/mol. The van der Waals surface area contributed by atoms with Gasteiger partial charge < -0.3 is 4.74 Å². The zero-order valence-corrected chi connectivity index (χ0v) is 15.6. The lowest BCUT2D eigenvalue weighted by Crippen LogP contribution is -2.22. The third kappa shape index (κ3) is 4.41. The lowest BCUT2D eigenvalue weighted by Gasteiger charge is -2.17. The van der Waals surface area contributed by atoms with Crippen LogP contribution in [0, 0.1) is 0 Å². The molecule has 6 heteroatoms. The van der Waals surface area contributed by atoms with Gasteiger partial charge in [-0.05, 0) is 30.3 Å². The van der Waals surface area contributed by atoms with E-state index in [0.29, 0.717) is 5.13 Å². The van der Waals surface area contributed by atoms with Gasteiger partial charge in [0.25, 0.3) is 0 Å². The molecule has 0 fully saturated rings. The van der Waals surface area contributed by atoms with E-state index in [2.05, 4.69) is 4.98 Å². The highest BCUT2D eigenvalue weighted by Gasteiger charge is 2.17. The molecule has 1 aromatic heterocycles. The molecule has 0 bridgehead atoms. The maximum Gasteiger partial charge on any atom is 0.230 e. The third-order valence-electron chi connectivity index (χ3n) is 3.49. The van der Waals surface area contributed by atoms with Crippen LogP contribution in [0.2, 0.25) is 0 Å². The summed E-state index contributed by atoms with van der Waals surface area (Å²) in [4.78, 5) is 19.5. The number of carbonyl (C=O) groups excluding carboxylic acids is 1. The molecule has 128 valence electrons. The van der Waals surface area contributed by atoms with Gasteiger partial charge in [-0.15, -0.1) is 23.1 Å². The van der Waals surface area contributed by atoms with Crippen LogP contribution in [0.15, 0.2) is 64.9 Å². The van der Waals surface area contributed by atoms with Crippen LogP contribution in [0.5, 0.6) is 5.75 Å². The summed E-state index contributed by atoms with van der Waals surface area (Å²) in [7, 11) is 1.66. The van der Waals surface area contributed by atoms with Crippen molar-refractivity contribution in [3.05, 3.63) is 65.7 Å². The van der Waals surface area contributed by atoms with Crippen molar-refractivity contribution in [2.75, 3.05) is 12.0 Å². The molecule has 3 rings (SSSR count). The van der Waals surface area contributed by atoms with Gasteiger partial charge in [0, 0.05) is 23.0 Å². The van der Waals surface area contributed by atoms with Crippen LogP contribution in [0.3, 0.4) is 0 Å². The van der Waals surface area contributed by atoms with Gasteiger partial charge >= 0.3 is 0 Å². The molecule has 0 aliphatic heterocycles. The lowest BCUT2D eigenvalue weighted by molar-refractivity contribution is -0.115. The smallest absolute Gasteiger partial charge is 0.230 e. The zero-order chi connectivity index (χ0) is 17.6. The first-order valence-electron chi connectivity index (χ1n) is 7.74. The van der Waals surface area contributed by atoms with E-state index in [1.165, 1.54) is 11.3 Å². The Morgan fingerprint density at radius 2 is 2.00 bits per heavy atom. The Hall–Kier alpha value is -2.31. The summed E-state index contributed by atoms with van der Waals surface area (Å²) in [5.41, 5.74) is 1.78. The van der Waals surface area contributed by atoms with Crippen LogP contribution in [0.25, 0.3) is 0 Å². The molecule has 0 atom stereocenters. The minimum Gasteiger partial charge on any atom is -0.497 e. The molecule has 0 aliphatic rings. The number of anilines is 2. The van der Waals surface area contributed by atoms with Gasteiger partial charge in [0.05, 0.1) is 18.5 Å². The quantitative estimate of drug-likeness (QED) is 0.564. The number of hydrogen-bond donors (Lipinski definition) is 0. The largest absolute Gasteiger partial charge is 0.497 e. The normalized spacial score (nSPS) is 10.5. The molecule has 3 aromatic rings. The van der Waals surface area contributed by atoms with Crippen LogP contribution in [-0.2, 0) is 10.5 Å². The number of hydrogen-bond acceptors (Lipinski definition) is 5. The van der Waals surface area contributed by atoms with Gasteiger partial charge in [-0.1, -0.05) is 24.3 Å². The molecule has 0 spiro atoms. The topological polar surface area (TPSA) is 42.4 Å². The van der Waals surface area contributed by atoms with E-state index in [9.17, 15) is 4.79 Å². The molecule has 0 saturated heterocycles. The van der Waals surface area contributed by atoms with Crippen molar-refractivity contribution >= 4 is 39.8 Å². The molecule has 0 aliphatic carbocycles. The first-order chi connectivity index (χ1) is 12.2. The lowest BCUT2D eigenvalue weighted by atomic mass is 10.3. The van der Waals surface area contributed by atoms with Gasteiger partial charge in [0.2, 0.25) is 5.91 Å². The highest BCUT2D eigenvalue weighted by molar-refractivity contribution is 7.98. The Balaban J connectivity index is 1.73. The van der Waals surface area contributed by atoms with E-state index in [1.54, 1.807) is 30.7 Å². The average Bonchev–Trinajstić information content (AvgIpc) is 3.09. The predicted octanol–water partition coefficient (Wildman–Crippen LogP) is 5.13. The molecule has 1 amide bonds. The summed E-state index contributed by atoms with van der Waals surface area (Å²) in [5.74, 6) is 1.54. The minimum atomic E-state index is -0.0486. The monoisotopic (exact) mass is 370 g/mol. The van der Waals surface area contributed by atoms with E-state index >= 15 is 0 Å². The fraction of sp³-hybridized carbons (Fsp3) is 0.158. The van der Waals surface area contributed by atoms with E-state index in [4.69, 9.17) is 4.74 Å². The molecule has 0 radical (unpaired) electrons. The van der Waals surface area contributed by atoms with Crippen molar-refractivity contribution < 1.29 is 9.53 Å². The number of carbonyl (C=O) groups is 1. The maximum absolute atomic E-state index is 12.1. The SMILES string of the molecule is COc1cccc(SCc2csc(N(C(C)=O)c3ccccc3)n2)c1. The summed E-state index contributed by atoms with van der Waals surface area (Å²) in [6, 6.07) is 17.5. The number of nitrogens with zero attached hydrogens (tertiary/aromatic N) is 2. The van der Waals surface area contributed by atoms with Crippen molar-refractivity contribution in [2.45, 2.75) is 17.6 Å². The third-order valence-corrected chi connectivity index (χ3v) is 5.39. The standard InChI is InChI=1S/C19H18N2O2S2/c1-14(22)21(16-7-4-3-5-8-16)19-20-15(13-25-19)12-24-18-10-6-9-17(11-18)23-2/h3-11,13H,12H2,1-2H3. The van der Waals surface area contributed by atoms with Crippen molar-refractivity contribution in [1.82, 2.24) is 4.98 Å². The average molecular weight is 370 g/mol. The summed E-state index contributed by atoms with van der Waals surface area (Å²) in [5, 5.41) is 2.70. The first-order valence-corrected chi connectivity index (χ1v) is 9.61. The fourth-order valence-electron chi connectivity index (χ4n) is 2.32. The summed E-state index contributed by atoms with van der Waals surface area (Å²) >= 11 is 3.17. The second kappa shape index (κ2) is 8.18. The molecule has 4 nitrogen and oxygen atoms in total. The minimum absolute atomic E-state index is 0.0486. The summed E-state index contributed by atoms with van der Waals surface area (Å²) in [6.45, 7) is 1.55. The van der Waals surface area contributed by atoms with Crippen LogP contribution in [-0.4, -0.2) is 18.0 Å². The molecule has 1 heterocycles. The number of methoxy groups -OCH3 is 1. The Bertz CT molecular complexity index is 849. The van der Waals surface area contributed by atoms with Gasteiger partial charge in [0.1, 0.15) is 5.75 Å². The summed E-state index contributed by atoms with van der Waals surface area (Å²) < 4.78 is 5.25. The molecule has 2 aromatic carbocycles. The van der Waals surface area contributed by atoms with Crippen LogP contribution in [0.1, 0.15) is 12.6 Å². The number of benzene rings is 2. The number of rotatable bonds is 6.